The summed E-state index contributed by atoms with van der Waals surface area (Å²) in [4.78, 5) is 12.5. The molecule has 0 saturated heterocycles. The molecule has 0 aliphatic carbocycles. The van der Waals surface area contributed by atoms with Crippen molar-refractivity contribution < 1.29 is 4.79 Å². The molecular formula is C10H14BrNOS2. The van der Waals surface area contributed by atoms with Crippen molar-refractivity contribution in [2.45, 2.75) is 19.4 Å². The highest BCUT2D eigenvalue weighted by atomic mass is 79.9. The number of thioether (sulfide) groups is 1. The molecule has 1 N–H and O–H groups in total. The number of thiophene rings is 1. The maximum atomic E-state index is 11.8. The first-order valence-electron chi connectivity index (χ1n) is 4.68. The molecule has 1 aromatic rings. The third-order valence-corrected chi connectivity index (χ3v) is 4.44. The van der Waals surface area contributed by atoms with E-state index in [0.29, 0.717) is 0 Å². The lowest BCUT2D eigenvalue weighted by molar-refractivity contribution is 0.0943. The predicted octanol–water partition coefficient (Wildman–Crippen LogP) is 3.38. The van der Waals surface area contributed by atoms with E-state index in [1.54, 1.807) is 11.8 Å². The van der Waals surface area contributed by atoms with Gasteiger partial charge in [0.15, 0.2) is 0 Å². The van der Waals surface area contributed by atoms with Gasteiger partial charge in [-0.05, 0) is 52.7 Å². The van der Waals surface area contributed by atoms with Crippen LogP contribution in [0.15, 0.2) is 15.9 Å². The molecule has 1 amide bonds. The molecule has 15 heavy (non-hydrogen) atoms. The third kappa shape index (κ3) is 4.17. The normalized spacial score (nSPS) is 12.5. The van der Waals surface area contributed by atoms with E-state index in [4.69, 9.17) is 0 Å². The fraction of sp³-hybridized carbons (Fsp3) is 0.500. The molecule has 1 aromatic heterocycles. The summed E-state index contributed by atoms with van der Waals surface area (Å²) in [6, 6.07) is 2.13. The lowest BCUT2D eigenvalue weighted by Crippen LogP contribution is -2.32. The quantitative estimate of drug-likeness (QED) is 0.903. The van der Waals surface area contributed by atoms with Gasteiger partial charge in [0, 0.05) is 10.5 Å². The van der Waals surface area contributed by atoms with Gasteiger partial charge in [0.2, 0.25) is 0 Å². The molecule has 0 fully saturated rings. The lowest BCUT2D eigenvalue weighted by atomic mass is 10.2. The molecule has 0 spiro atoms. The Hall–Kier alpha value is -0.000000000000000111. The van der Waals surface area contributed by atoms with Crippen molar-refractivity contribution >= 4 is 44.9 Å². The van der Waals surface area contributed by atoms with Crippen LogP contribution >= 0.6 is 39.0 Å². The summed E-state index contributed by atoms with van der Waals surface area (Å²) >= 11 is 6.61. The zero-order valence-corrected chi connectivity index (χ0v) is 12.0. The topological polar surface area (TPSA) is 29.1 Å². The van der Waals surface area contributed by atoms with Gasteiger partial charge in [0.25, 0.3) is 5.91 Å². The number of carbonyl (C=O) groups is 1. The van der Waals surface area contributed by atoms with E-state index in [1.807, 2.05) is 18.4 Å². The number of amides is 1. The Balaban J connectivity index is 2.46. The molecule has 1 unspecified atom stereocenters. The molecule has 0 aliphatic heterocycles. The second-order valence-corrected chi connectivity index (χ2v) is 6.01. The van der Waals surface area contributed by atoms with Gasteiger partial charge in [-0.2, -0.15) is 11.8 Å². The molecule has 84 valence electrons. The van der Waals surface area contributed by atoms with E-state index in [9.17, 15) is 4.79 Å². The van der Waals surface area contributed by atoms with E-state index in [0.717, 1.165) is 21.5 Å². The minimum atomic E-state index is 0.0190. The van der Waals surface area contributed by atoms with Crippen LogP contribution in [0.3, 0.4) is 0 Å². The Bertz CT molecular complexity index is 327. The Morgan fingerprint density at radius 2 is 2.47 bits per heavy atom. The highest BCUT2D eigenvalue weighted by Crippen LogP contribution is 2.22. The largest absolute Gasteiger partial charge is 0.349 e. The maximum absolute atomic E-state index is 11.8. The van der Waals surface area contributed by atoms with Crippen LogP contribution in [0.4, 0.5) is 0 Å². The van der Waals surface area contributed by atoms with E-state index in [-0.39, 0.29) is 11.9 Å². The molecule has 0 aromatic carbocycles. The van der Waals surface area contributed by atoms with Crippen LogP contribution < -0.4 is 5.32 Å². The second kappa shape index (κ2) is 6.55. The highest BCUT2D eigenvalue weighted by molar-refractivity contribution is 9.10. The molecule has 0 bridgehead atoms. The van der Waals surface area contributed by atoms with Crippen LogP contribution in [0.25, 0.3) is 0 Å². The van der Waals surface area contributed by atoms with Crippen molar-refractivity contribution in [1.82, 2.24) is 5.32 Å². The highest BCUT2D eigenvalue weighted by Gasteiger charge is 2.13. The van der Waals surface area contributed by atoms with Gasteiger partial charge in [0.1, 0.15) is 4.88 Å². The Kier molecular flexibility index (Phi) is 5.71. The molecule has 1 atom stereocenters. The smallest absolute Gasteiger partial charge is 0.262 e. The van der Waals surface area contributed by atoms with Crippen LogP contribution in [-0.4, -0.2) is 24.0 Å². The number of hydrogen-bond acceptors (Lipinski definition) is 3. The first kappa shape index (κ1) is 13.1. The number of halogens is 1. The number of nitrogens with one attached hydrogen (secondary N) is 1. The fourth-order valence-corrected chi connectivity index (χ4v) is 3.16. The molecule has 0 aliphatic rings. The maximum Gasteiger partial charge on any atom is 0.262 e. The SMILES string of the molecule is CSCCC(C)NC(=O)c1sccc1Br. The van der Waals surface area contributed by atoms with Crippen LogP contribution in [0.1, 0.15) is 23.0 Å². The molecule has 5 heteroatoms. The Morgan fingerprint density at radius 1 is 1.73 bits per heavy atom. The number of carbonyl (C=O) groups excluding carboxylic acids is 1. The van der Waals surface area contributed by atoms with Gasteiger partial charge in [0.05, 0.1) is 0 Å². The zero-order chi connectivity index (χ0) is 11.3. The summed E-state index contributed by atoms with van der Waals surface area (Å²) in [5.74, 6) is 1.10. The van der Waals surface area contributed by atoms with Crippen LogP contribution in [0.5, 0.6) is 0 Å². The average Bonchev–Trinajstić information content (AvgIpc) is 2.61. The molecular weight excluding hydrogens is 294 g/mol. The molecule has 1 heterocycles. The van der Waals surface area contributed by atoms with Crippen molar-refractivity contribution in [1.29, 1.82) is 0 Å². The van der Waals surface area contributed by atoms with E-state index in [2.05, 4.69) is 27.5 Å². The van der Waals surface area contributed by atoms with E-state index < -0.39 is 0 Å². The zero-order valence-electron chi connectivity index (χ0n) is 8.75. The van der Waals surface area contributed by atoms with Crippen molar-refractivity contribution in [2.75, 3.05) is 12.0 Å². The number of hydrogen-bond donors (Lipinski definition) is 1. The van der Waals surface area contributed by atoms with Gasteiger partial charge >= 0.3 is 0 Å². The van der Waals surface area contributed by atoms with Gasteiger partial charge in [-0.3, -0.25) is 4.79 Å². The van der Waals surface area contributed by atoms with Crippen molar-refractivity contribution in [3.63, 3.8) is 0 Å². The molecule has 1 rings (SSSR count). The van der Waals surface area contributed by atoms with Crippen LogP contribution in [-0.2, 0) is 0 Å². The summed E-state index contributed by atoms with van der Waals surface area (Å²) in [7, 11) is 0. The Morgan fingerprint density at radius 3 is 3.00 bits per heavy atom. The van der Waals surface area contributed by atoms with Gasteiger partial charge in [-0.1, -0.05) is 0 Å². The average molecular weight is 308 g/mol. The van der Waals surface area contributed by atoms with Crippen molar-refractivity contribution in [2.24, 2.45) is 0 Å². The standard InChI is InChI=1S/C10H14BrNOS2/c1-7(3-5-14-2)12-10(13)9-8(11)4-6-15-9/h4,6-7H,3,5H2,1-2H3,(H,12,13). The minimum absolute atomic E-state index is 0.0190. The fourth-order valence-electron chi connectivity index (χ4n) is 1.11. The third-order valence-electron chi connectivity index (χ3n) is 1.96. The lowest BCUT2D eigenvalue weighted by Gasteiger charge is -2.12. The molecule has 0 saturated carbocycles. The van der Waals surface area contributed by atoms with E-state index in [1.165, 1.54) is 11.3 Å². The first-order chi connectivity index (χ1) is 7.15. The van der Waals surface area contributed by atoms with Crippen molar-refractivity contribution in [3.05, 3.63) is 20.8 Å². The van der Waals surface area contributed by atoms with Crippen molar-refractivity contribution in [3.8, 4) is 0 Å². The van der Waals surface area contributed by atoms with Gasteiger partial charge < -0.3 is 5.32 Å². The Labute approximate surface area is 107 Å². The predicted molar refractivity (Wildman–Crippen MR) is 71.9 cm³/mol. The van der Waals surface area contributed by atoms with Gasteiger partial charge in [-0.25, -0.2) is 0 Å². The van der Waals surface area contributed by atoms with Crippen LogP contribution in [0, 0.1) is 0 Å². The summed E-state index contributed by atoms with van der Waals surface area (Å²) in [6.45, 7) is 2.04. The van der Waals surface area contributed by atoms with Crippen LogP contribution in [0.2, 0.25) is 0 Å². The molecule has 2 nitrogen and oxygen atoms in total. The van der Waals surface area contributed by atoms with E-state index >= 15 is 0 Å². The summed E-state index contributed by atoms with van der Waals surface area (Å²) in [5.41, 5.74) is 0. The summed E-state index contributed by atoms with van der Waals surface area (Å²) < 4.78 is 0.877. The number of rotatable bonds is 5. The monoisotopic (exact) mass is 307 g/mol. The summed E-state index contributed by atoms with van der Waals surface area (Å²) in [5, 5.41) is 4.89. The first-order valence-corrected chi connectivity index (χ1v) is 7.74. The molecule has 0 radical (unpaired) electrons. The minimum Gasteiger partial charge on any atom is -0.349 e. The second-order valence-electron chi connectivity index (χ2n) is 3.25. The summed E-state index contributed by atoms with van der Waals surface area (Å²) in [6.07, 6.45) is 3.08. The van der Waals surface area contributed by atoms with Gasteiger partial charge in [-0.15, -0.1) is 11.3 Å².